The van der Waals surface area contributed by atoms with Gasteiger partial charge in [-0.2, -0.15) is 0 Å². The molecule has 0 atom stereocenters. The molecule has 2 heterocycles. The summed E-state index contributed by atoms with van der Waals surface area (Å²) in [4.78, 5) is 10.9. The van der Waals surface area contributed by atoms with E-state index in [9.17, 15) is 4.79 Å². The van der Waals surface area contributed by atoms with Gasteiger partial charge in [-0.25, -0.2) is 0 Å². The zero-order chi connectivity index (χ0) is 8.01. The number of halogens is 2. The average molecular weight is 243 g/mol. The Labute approximate surface area is 83.8 Å². The van der Waals surface area contributed by atoms with Gasteiger partial charge in [-0.15, -0.1) is 11.3 Å². The first kappa shape index (κ1) is 8.01. The molecule has 0 spiro atoms. The van der Waals surface area contributed by atoms with Gasteiger partial charge in [-0.3, -0.25) is 4.79 Å². The van der Waals surface area contributed by atoms with Crippen LogP contribution in [0.2, 0.25) is 8.67 Å². The number of hydrogen-bond donors (Lipinski definition) is 0. The summed E-state index contributed by atoms with van der Waals surface area (Å²) in [6, 6.07) is 0. The van der Waals surface area contributed by atoms with E-state index < -0.39 is 0 Å². The quantitative estimate of drug-likeness (QED) is 0.689. The molecule has 11 heavy (non-hydrogen) atoms. The zero-order valence-electron chi connectivity index (χ0n) is 4.89. The number of thiophene rings is 1. The highest BCUT2D eigenvalue weighted by atomic mass is 35.5. The molecule has 2 aromatic heterocycles. The molecule has 1 nitrogen and oxygen atoms in total. The van der Waals surface area contributed by atoms with Crippen LogP contribution in [0.5, 0.6) is 0 Å². The molecule has 0 aliphatic heterocycles. The smallest absolute Gasteiger partial charge is 0.265 e. The van der Waals surface area contributed by atoms with Crippen LogP contribution in [-0.4, -0.2) is 0 Å². The summed E-state index contributed by atoms with van der Waals surface area (Å²) in [5.74, 6) is 0. The van der Waals surface area contributed by atoms with E-state index in [-0.39, 0.29) is 4.06 Å². The van der Waals surface area contributed by atoms with Crippen LogP contribution in [0.3, 0.4) is 0 Å². The summed E-state index contributed by atoms with van der Waals surface area (Å²) >= 11 is 15.2. The Hall–Kier alpha value is 0.390. The van der Waals surface area contributed by atoms with Crippen molar-refractivity contribution in [1.29, 1.82) is 0 Å². The lowest BCUT2D eigenvalue weighted by Gasteiger charge is -1.70. The maximum absolute atomic E-state index is 10.9. The molecule has 2 aromatic rings. The number of hydrogen-bond acceptors (Lipinski definition) is 4. The van der Waals surface area contributed by atoms with Gasteiger partial charge in [0, 0.05) is 0 Å². The van der Waals surface area contributed by atoms with Crippen LogP contribution >= 0.6 is 57.2 Å². The van der Waals surface area contributed by atoms with E-state index in [1.54, 1.807) is 0 Å². The standard InChI is InChI=1S/C5Cl2OS3/c6-3-1-2(4(7)11-3)10-5(8)9-1. The molecular weight excluding hydrogens is 243 g/mol. The van der Waals surface area contributed by atoms with Crippen LogP contribution in [0, 0.1) is 0 Å². The Morgan fingerprint density at radius 3 is 1.82 bits per heavy atom. The zero-order valence-corrected chi connectivity index (χ0v) is 8.85. The van der Waals surface area contributed by atoms with Gasteiger partial charge in [0.05, 0.1) is 9.40 Å². The van der Waals surface area contributed by atoms with Crippen molar-refractivity contribution in [2.75, 3.05) is 0 Å². The Morgan fingerprint density at radius 1 is 0.909 bits per heavy atom. The largest absolute Gasteiger partial charge is 0.288 e. The second-order valence-electron chi connectivity index (χ2n) is 1.76. The van der Waals surface area contributed by atoms with E-state index in [1.807, 2.05) is 0 Å². The second-order valence-corrected chi connectivity index (χ2v) is 6.21. The maximum atomic E-state index is 10.9. The molecule has 0 fully saturated rings. The minimum absolute atomic E-state index is 0.0478. The van der Waals surface area contributed by atoms with Crippen molar-refractivity contribution in [2.45, 2.75) is 0 Å². The molecule has 0 aromatic carbocycles. The molecule has 0 unspecified atom stereocenters. The Kier molecular flexibility index (Phi) is 1.97. The lowest BCUT2D eigenvalue weighted by atomic mass is 10.7. The molecule has 0 saturated heterocycles. The minimum Gasteiger partial charge on any atom is -0.265 e. The number of rotatable bonds is 0. The fraction of sp³-hybridized carbons (Fsp3) is 0. The predicted octanol–water partition coefficient (Wildman–Crippen LogP) is 3.69. The lowest BCUT2D eigenvalue weighted by Crippen LogP contribution is -1.73. The fourth-order valence-corrected chi connectivity index (χ4v) is 4.80. The molecule has 0 aliphatic carbocycles. The summed E-state index contributed by atoms with van der Waals surface area (Å²) in [6.07, 6.45) is 0. The van der Waals surface area contributed by atoms with Crippen molar-refractivity contribution < 1.29 is 0 Å². The van der Waals surface area contributed by atoms with Gasteiger partial charge in [0.25, 0.3) is 4.06 Å². The van der Waals surface area contributed by atoms with Crippen LogP contribution < -0.4 is 4.06 Å². The average Bonchev–Trinajstić information content (AvgIpc) is 2.38. The first-order valence-electron chi connectivity index (χ1n) is 2.56. The van der Waals surface area contributed by atoms with Crippen LogP contribution in [0.1, 0.15) is 0 Å². The lowest BCUT2D eigenvalue weighted by molar-refractivity contribution is 2.25. The molecule has 6 heteroatoms. The molecule has 0 amide bonds. The van der Waals surface area contributed by atoms with Crippen molar-refractivity contribution in [3.05, 3.63) is 17.5 Å². The normalized spacial score (nSPS) is 11.1. The van der Waals surface area contributed by atoms with E-state index in [0.717, 1.165) is 32.1 Å². The van der Waals surface area contributed by atoms with Crippen LogP contribution in [0.4, 0.5) is 0 Å². The summed E-state index contributed by atoms with van der Waals surface area (Å²) in [5.41, 5.74) is 0. The van der Waals surface area contributed by atoms with E-state index in [4.69, 9.17) is 23.2 Å². The summed E-state index contributed by atoms with van der Waals surface area (Å²) < 4.78 is 2.95. The maximum Gasteiger partial charge on any atom is 0.288 e. The molecule has 58 valence electrons. The molecule has 0 saturated carbocycles. The fourth-order valence-electron chi connectivity index (χ4n) is 0.710. The van der Waals surface area contributed by atoms with E-state index in [0.29, 0.717) is 8.67 Å². The molecule has 2 rings (SSSR count). The molecule has 0 N–H and O–H groups in total. The van der Waals surface area contributed by atoms with Crippen molar-refractivity contribution in [3.63, 3.8) is 0 Å². The van der Waals surface area contributed by atoms with E-state index >= 15 is 0 Å². The third kappa shape index (κ3) is 1.23. The third-order valence-corrected chi connectivity index (χ3v) is 5.39. The van der Waals surface area contributed by atoms with Gasteiger partial charge in [-0.1, -0.05) is 45.9 Å². The topological polar surface area (TPSA) is 17.1 Å². The van der Waals surface area contributed by atoms with Gasteiger partial charge >= 0.3 is 0 Å². The van der Waals surface area contributed by atoms with E-state index in [2.05, 4.69) is 0 Å². The molecular formula is C5Cl2OS3. The highest BCUT2D eigenvalue weighted by molar-refractivity contribution is 7.40. The monoisotopic (exact) mass is 242 g/mol. The van der Waals surface area contributed by atoms with Crippen molar-refractivity contribution in [2.24, 2.45) is 0 Å². The Morgan fingerprint density at radius 2 is 1.36 bits per heavy atom. The first-order valence-corrected chi connectivity index (χ1v) is 5.76. The van der Waals surface area contributed by atoms with Gasteiger partial charge in [0.1, 0.15) is 8.67 Å². The van der Waals surface area contributed by atoms with Gasteiger partial charge in [0.2, 0.25) is 0 Å². The highest BCUT2D eigenvalue weighted by Crippen LogP contribution is 2.41. The van der Waals surface area contributed by atoms with Crippen LogP contribution in [0.15, 0.2) is 4.79 Å². The Bertz CT molecular complexity index is 414. The van der Waals surface area contributed by atoms with Crippen LogP contribution in [0.25, 0.3) is 9.40 Å². The highest BCUT2D eigenvalue weighted by Gasteiger charge is 2.11. The molecule has 0 aliphatic rings. The SMILES string of the molecule is O=c1sc2c(Cl)sc(Cl)c2s1. The van der Waals surface area contributed by atoms with Gasteiger partial charge in [0.15, 0.2) is 0 Å². The van der Waals surface area contributed by atoms with Crippen LogP contribution in [-0.2, 0) is 0 Å². The Balaban J connectivity index is 3.03. The van der Waals surface area contributed by atoms with Gasteiger partial charge in [-0.05, 0) is 0 Å². The summed E-state index contributed by atoms with van der Waals surface area (Å²) in [5, 5.41) is 0. The first-order chi connectivity index (χ1) is 5.18. The van der Waals surface area contributed by atoms with Crippen molar-refractivity contribution in [1.82, 2.24) is 0 Å². The van der Waals surface area contributed by atoms with E-state index in [1.165, 1.54) is 11.3 Å². The number of fused-ring (bicyclic) bond motifs is 1. The second kappa shape index (κ2) is 2.71. The predicted molar refractivity (Wildman–Crippen MR) is 53.9 cm³/mol. The van der Waals surface area contributed by atoms with Gasteiger partial charge < -0.3 is 0 Å². The molecule has 0 bridgehead atoms. The van der Waals surface area contributed by atoms with Crippen molar-refractivity contribution >= 4 is 66.6 Å². The van der Waals surface area contributed by atoms with Crippen molar-refractivity contribution in [3.8, 4) is 0 Å². The molecule has 0 radical (unpaired) electrons. The third-order valence-electron chi connectivity index (χ3n) is 1.11. The summed E-state index contributed by atoms with van der Waals surface area (Å²) in [7, 11) is 0. The summed E-state index contributed by atoms with van der Waals surface area (Å²) in [6.45, 7) is 0. The minimum atomic E-state index is 0.0478.